The van der Waals surface area contributed by atoms with Crippen LogP contribution in [0, 0.1) is 0 Å². The highest BCUT2D eigenvalue weighted by atomic mass is 16.5. The average Bonchev–Trinajstić information content (AvgIpc) is 2.60. The van der Waals surface area contributed by atoms with Crippen molar-refractivity contribution in [2.75, 3.05) is 0 Å². The number of hydrogen-bond acceptors (Lipinski definition) is 3. The normalized spacial score (nSPS) is 17.5. The topological polar surface area (TPSA) is 46.5 Å². The molecule has 1 N–H and O–H groups in total. The van der Waals surface area contributed by atoms with Gasteiger partial charge in [0.1, 0.15) is 11.9 Å². The first kappa shape index (κ1) is 16.8. The first-order valence-corrected chi connectivity index (χ1v) is 9.16. The van der Waals surface area contributed by atoms with Crippen molar-refractivity contribution in [2.24, 2.45) is 0 Å². The van der Waals surface area contributed by atoms with Gasteiger partial charge < -0.3 is 9.84 Å². The third-order valence-corrected chi connectivity index (χ3v) is 4.89. The Morgan fingerprint density at radius 3 is 2.12 bits per heavy atom. The zero-order chi connectivity index (χ0) is 16.8. The zero-order valence-corrected chi connectivity index (χ0v) is 14.2. The van der Waals surface area contributed by atoms with E-state index in [1.807, 2.05) is 18.2 Å². The minimum atomic E-state index is -0.230. The fourth-order valence-electron chi connectivity index (χ4n) is 3.47. The maximum Gasteiger partial charge on any atom is 0.338 e. The fourth-order valence-corrected chi connectivity index (χ4v) is 3.47. The molecule has 3 rings (SSSR count). The van der Waals surface area contributed by atoms with E-state index in [0.29, 0.717) is 5.56 Å². The van der Waals surface area contributed by atoms with Gasteiger partial charge in [0.25, 0.3) is 0 Å². The summed E-state index contributed by atoms with van der Waals surface area (Å²) < 4.78 is 5.79. The Labute approximate surface area is 143 Å². The largest absolute Gasteiger partial charge is 0.508 e. The molecule has 1 aliphatic carbocycles. The molecule has 1 aliphatic rings. The number of aromatic hydroxyl groups is 1. The standard InChI is InChI=1S/C21H26O3/c22-19-13-12-16-14-18(11-10-17(16)15-19)21(23)24-20-8-6-4-2-1-3-5-7-9-20/h10-15,20,22H,1-9H2. The number of rotatable bonds is 2. The summed E-state index contributed by atoms with van der Waals surface area (Å²) in [7, 11) is 0. The van der Waals surface area contributed by atoms with Gasteiger partial charge in [-0.3, -0.25) is 0 Å². The van der Waals surface area contributed by atoms with Crippen LogP contribution in [0.1, 0.15) is 68.1 Å². The summed E-state index contributed by atoms with van der Waals surface area (Å²) in [5, 5.41) is 11.4. The molecule has 0 spiro atoms. The van der Waals surface area contributed by atoms with E-state index < -0.39 is 0 Å². The van der Waals surface area contributed by atoms with Gasteiger partial charge in [0, 0.05) is 0 Å². The van der Waals surface area contributed by atoms with Crippen molar-refractivity contribution in [1.82, 2.24) is 0 Å². The number of ether oxygens (including phenoxy) is 1. The lowest BCUT2D eigenvalue weighted by atomic mass is 9.99. The summed E-state index contributed by atoms with van der Waals surface area (Å²) in [6.45, 7) is 0. The summed E-state index contributed by atoms with van der Waals surface area (Å²) in [5.74, 6) is 0.00589. The monoisotopic (exact) mass is 326 g/mol. The van der Waals surface area contributed by atoms with E-state index >= 15 is 0 Å². The molecule has 0 aromatic heterocycles. The molecule has 2 aromatic rings. The molecule has 0 unspecified atom stereocenters. The van der Waals surface area contributed by atoms with E-state index in [1.54, 1.807) is 18.2 Å². The second kappa shape index (κ2) is 8.18. The minimum absolute atomic E-state index is 0.0473. The molecule has 0 saturated heterocycles. The molecule has 128 valence electrons. The van der Waals surface area contributed by atoms with Crippen LogP contribution in [0.15, 0.2) is 36.4 Å². The summed E-state index contributed by atoms with van der Waals surface area (Å²) >= 11 is 0. The van der Waals surface area contributed by atoms with E-state index in [0.717, 1.165) is 36.5 Å². The van der Waals surface area contributed by atoms with Crippen molar-refractivity contribution in [3.05, 3.63) is 42.0 Å². The Morgan fingerprint density at radius 2 is 1.42 bits per heavy atom. The highest BCUT2D eigenvalue weighted by Gasteiger charge is 2.17. The molecule has 1 fully saturated rings. The SMILES string of the molecule is O=C(OC1CCCCCCCCC1)c1ccc2cc(O)ccc2c1. The molecule has 24 heavy (non-hydrogen) atoms. The predicted molar refractivity (Wildman–Crippen MR) is 96.4 cm³/mol. The van der Waals surface area contributed by atoms with Crippen LogP contribution in [0.4, 0.5) is 0 Å². The van der Waals surface area contributed by atoms with Crippen molar-refractivity contribution in [3.63, 3.8) is 0 Å². The number of hydrogen-bond donors (Lipinski definition) is 1. The Hall–Kier alpha value is -2.03. The molecule has 0 amide bonds. The molecule has 3 nitrogen and oxygen atoms in total. The average molecular weight is 326 g/mol. The highest BCUT2D eigenvalue weighted by Crippen LogP contribution is 2.23. The number of esters is 1. The van der Waals surface area contributed by atoms with Crippen LogP contribution in [0.25, 0.3) is 10.8 Å². The Bertz CT molecular complexity index is 683. The number of fused-ring (bicyclic) bond motifs is 1. The highest BCUT2D eigenvalue weighted by molar-refractivity contribution is 5.95. The molecule has 0 atom stereocenters. The molecule has 0 heterocycles. The molecule has 0 radical (unpaired) electrons. The number of carbonyl (C=O) groups is 1. The van der Waals surface area contributed by atoms with Gasteiger partial charge in [0.2, 0.25) is 0 Å². The summed E-state index contributed by atoms with van der Waals surface area (Å²) in [6, 6.07) is 10.6. The molecular weight excluding hydrogens is 300 g/mol. The van der Waals surface area contributed by atoms with Gasteiger partial charge in [0.05, 0.1) is 5.56 Å². The Balaban J connectivity index is 1.67. The smallest absolute Gasteiger partial charge is 0.338 e. The number of benzene rings is 2. The van der Waals surface area contributed by atoms with Crippen LogP contribution in [0.5, 0.6) is 5.75 Å². The Morgan fingerprint density at radius 1 is 0.833 bits per heavy atom. The molecule has 0 aliphatic heterocycles. The first-order chi connectivity index (χ1) is 11.7. The van der Waals surface area contributed by atoms with Crippen LogP contribution < -0.4 is 0 Å². The second-order valence-corrected chi connectivity index (χ2v) is 6.83. The maximum absolute atomic E-state index is 12.5. The van der Waals surface area contributed by atoms with Gasteiger partial charge in [-0.15, -0.1) is 0 Å². The van der Waals surface area contributed by atoms with E-state index in [4.69, 9.17) is 4.74 Å². The predicted octanol–water partition coefficient (Wildman–Crippen LogP) is 5.60. The van der Waals surface area contributed by atoms with Gasteiger partial charge in [-0.2, -0.15) is 0 Å². The molecule has 1 saturated carbocycles. The number of carbonyl (C=O) groups excluding carboxylic acids is 1. The first-order valence-electron chi connectivity index (χ1n) is 9.16. The van der Waals surface area contributed by atoms with E-state index in [-0.39, 0.29) is 17.8 Å². The third kappa shape index (κ3) is 4.50. The number of phenolic OH excluding ortho intramolecular Hbond substituents is 1. The van der Waals surface area contributed by atoms with Crippen LogP contribution in [0.2, 0.25) is 0 Å². The molecule has 3 heteroatoms. The van der Waals surface area contributed by atoms with Gasteiger partial charge >= 0.3 is 5.97 Å². The quantitative estimate of drug-likeness (QED) is 0.731. The third-order valence-electron chi connectivity index (χ3n) is 4.89. The lowest BCUT2D eigenvalue weighted by molar-refractivity contribution is 0.0246. The fraction of sp³-hybridized carbons (Fsp3) is 0.476. The Kier molecular flexibility index (Phi) is 5.73. The van der Waals surface area contributed by atoms with Gasteiger partial charge in [-0.25, -0.2) is 4.79 Å². The molecular formula is C21H26O3. The summed E-state index contributed by atoms with van der Waals surface area (Å²) in [4.78, 5) is 12.5. The van der Waals surface area contributed by atoms with Crippen molar-refractivity contribution >= 4 is 16.7 Å². The van der Waals surface area contributed by atoms with Crippen LogP contribution in [-0.4, -0.2) is 17.2 Å². The minimum Gasteiger partial charge on any atom is -0.508 e. The van der Waals surface area contributed by atoms with Crippen molar-refractivity contribution in [2.45, 2.75) is 63.9 Å². The molecule has 0 bridgehead atoms. The maximum atomic E-state index is 12.5. The van der Waals surface area contributed by atoms with Crippen molar-refractivity contribution in [3.8, 4) is 5.75 Å². The van der Waals surface area contributed by atoms with Crippen molar-refractivity contribution in [1.29, 1.82) is 0 Å². The van der Waals surface area contributed by atoms with Crippen LogP contribution >= 0.6 is 0 Å². The lowest BCUT2D eigenvalue weighted by Crippen LogP contribution is -2.19. The zero-order valence-electron chi connectivity index (χ0n) is 14.2. The van der Waals surface area contributed by atoms with Gasteiger partial charge in [0.15, 0.2) is 0 Å². The van der Waals surface area contributed by atoms with Crippen LogP contribution in [-0.2, 0) is 4.74 Å². The van der Waals surface area contributed by atoms with Crippen molar-refractivity contribution < 1.29 is 14.6 Å². The lowest BCUT2D eigenvalue weighted by Gasteiger charge is -2.19. The summed E-state index contributed by atoms with van der Waals surface area (Å²) in [6.07, 6.45) is 10.7. The van der Waals surface area contributed by atoms with Gasteiger partial charge in [-0.1, -0.05) is 44.2 Å². The van der Waals surface area contributed by atoms with Crippen LogP contribution in [0.3, 0.4) is 0 Å². The van der Waals surface area contributed by atoms with E-state index in [2.05, 4.69) is 0 Å². The van der Waals surface area contributed by atoms with E-state index in [1.165, 1.54) is 32.1 Å². The second-order valence-electron chi connectivity index (χ2n) is 6.83. The van der Waals surface area contributed by atoms with Gasteiger partial charge in [-0.05, 0) is 60.7 Å². The number of phenols is 1. The molecule has 2 aromatic carbocycles. The van der Waals surface area contributed by atoms with E-state index in [9.17, 15) is 9.90 Å². The summed E-state index contributed by atoms with van der Waals surface area (Å²) in [5.41, 5.74) is 0.588.